The second-order valence-corrected chi connectivity index (χ2v) is 3.26. The minimum Gasteiger partial charge on any atom is -0.467 e. The van der Waals surface area contributed by atoms with E-state index in [9.17, 15) is 0 Å². The summed E-state index contributed by atoms with van der Waals surface area (Å²) >= 11 is 0. The fraction of sp³-hybridized carbons (Fsp3) is 0.444. The van der Waals surface area contributed by atoms with Crippen molar-refractivity contribution in [3.8, 4) is 6.07 Å². The summed E-state index contributed by atoms with van der Waals surface area (Å²) in [5, 5.41) is 8.93. The molecule has 1 aromatic heterocycles. The molecule has 0 spiro atoms. The van der Waals surface area contributed by atoms with E-state index in [0.29, 0.717) is 5.76 Å². The number of nitriles is 1. The highest BCUT2D eigenvalue weighted by Gasteiger charge is 2.32. The van der Waals surface area contributed by atoms with E-state index < -0.39 is 0 Å². The van der Waals surface area contributed by atoms with E-state index in [1.54, 1.807) is 12.3 Å². The molecule has 13 heavy (non-hydrogen) atoms. The standard InChI is InChI=1S/C9H11N3O/c10-4-8(9-2-1-3-13-9)12-5-7(11)6-12/h1-3,7-8H,5-6,11H2/t8-/m1/s1. The molecule has 1 saturated heterocycles. The predicted octanol–water partition coefficient (Wildman–Crippen LogP) is 0.487. The van der Waals surface area contributed by atoms with Gasteiger partial charge in [-0.2, -0.15) is 5.26 Å². The Morgan fingerprint density at radius 3 is 2.92 bits per heavy atom. The summed E-state index contributed by atoms with van der Waals surface area (Å²) in [4.78, 5) is 2.00. The van der Waals surface area contributed by atoms with Crippen LogP contribution < -0.4 is 5.73 Å². The van der Waals surface area contributed by atoms with Crippen molar-refractivity contribution in [1.82, 2.24) is 4.90 Å². The molecule has 68 valence electrons. The molecular formula is C9H11N3O. The van der Waals surface area contributed by atoms with Gasteiger partial charge in [-0.1, -0.05) is 0 Å². The van der Waals surface area contributed by atoms with Gasteiger partial charge >= 0.3 is 0 Å². The third-order valence-corrected chi connectivity index (χ3v) is 2.24. The Kier molecular flexibility index (Phi) is 2.05. The maximum atomic E-state index is 8.93. The van der Waals surface area contributed by atoms with Crippen molar-refractivity contribution in [2.24, 2.45) is 5.73 Å². The highest BCUT2D eigenvalue weighted by Crippen LogP contribution is 2.24. The Morgan fingerprint density at radius 2 is 2.46 bits per heavy atom. The van der Waals surface area contributed by atoms with Crippen LogP contribution in [0.3, 0.4) is 0 Å². The van der Waals surface area contributed by atoms with E-state index in [1.807, 2.05) is 11.0 Å². The van der Waals surface area contributed by atoms with Crippen LogP contribution in [0.2, 0.25) is 0 Å². The minimum absolute atomic E-state index is 0.214. The van der Waals surface area contributed by atoms with E-state index in [4.69, 9.17) is 15.4 Å². The molecule has 1 aliphatic rings. The molecule has 1 fully saturated rings. The molecule has 2 rings (SSSR count). The summed E-state index contributed by atoms with van der Waals surface area (Å²) in [6.45, 7) is 1.55. The summed E-state index contributed by atoms with van der Waals surface area (Å²) in [5.41, 5.74) is 5.63. The van der Waals surface area contributed by atoms with Crippen molar-refractivity contribution in [2.45, 2.75) is 12.1 Å². The summed E-state index contributed by atoms with van der Waals surface area (Å²) in [6.07, 6.45) is 1.58. The van der Waals surface area contributed by atoms with E-state index in [-0.39, 0.29) is 12.1 Å². The average Bonchev–Trinajstić information content (AvgIpc) is 2.55. The van der Waals surface area contributed by atoms with Crippen LogP contribution >= 0.6 is 0 Å². The molecule has 1 atom stereocenters. The van der Waals surface area contributed by atoms with Gasteiger partial charge in [0, 0.05) is 19.1 Å². The topological polar surface area (TPSA) is 66.2 Å². The van der Waals surface area contributed by atoms with E-state index >= 15 is 0 Å². The van der Waals surface area contributed by atoms with Crippen LogP contribution in [0, 0.1) is 11.3 Å². The molecule has 0 aliphatic carbocycles. The van der Waals surface area contributed by atoms with E-state index in [1.165, 1.54) is 0 Å². The third-order valence-electron chi connectivity index (χ3n) is 2.24. The van der Waals surface area contributed by atoms with Crippen LogP contribution in [-0.2, 0) is 0 Å². The molecule has 2 N–H and O–H groups in total. The number of hydrogen-bond donors (Lipinski definition) is 1. The number of rotatable bonds is 2. The fourth-order valence-electron chi connectivity index (χ4n) is 1.53. The minimum atomic E-state index is -0.269. The molecule has 1 aliphatic heterocycles. The number of furan rings is 1. The molecule has 4 heteroatoms. The number of hydrogen-bond acceptors (Lipinski definition) is 4. The van der Waals surface area contributed by atoms with Gasteiger partial charge < -0.3 is 10.2 Å². The van der Waals surface area contributed by atoms with Gasteiger partial charge in [-0.15, -0.1) is 0 Å². The van der Waals surface area contributed by atoms with Crippen LogP contribution in [0.25, 0.3) is 0 Å². The molecule has 0 saturated carbocycles. The molecule has 0 aromatic carbocycles. The van der Waals surface area contributed by atoms with Crippen molar-refractivity contribution >= 4 is 0 Å². The number of nitrogens with zero attached hydrogens (tertiary/aromatic N) is 2. The number of likely N-dealkylation sites (tertiary alicyclic amines) is 1. The number of nitrogens with two attached hydrogens (primary N) is 1. The lowest BCUT2D eigenvalue weighted by atomic mass is 10.1. The first-order chi connectivity index (χ1) is 6.31. The van der Waals surface area contributed by atoms with Crippen molar-refractivity contribution in [1.29, 1.82) is 5.26 Å². The lowest BCUT2D eigenvalue weighted by Crippen LogP contribution is -2.56. The van der Waals surface area contributed by atoms with Gasteiger partial charge in [0.25, 0.3) is 0 Å². The van der Waals surface area contributed by atoms with Gasteiger partial charge in [-0.05, 0) is 12.1 Å². The van der Waals surface area contributed by atoms with E-state index in [0.717, 1.165) is 13.1 Å². The zero-order chi connectivity index (χ0) is 9.26. The van der Waals surface area contributed by atoms with Crippen LogP contribution in [0.15, 0.2) is 22.8 Å². The molecular weight excluding hydrogens is 166 g/mol. The van der Waals surface area contributed by atoms with Gasteiger partial charge in [-0.25, -0.2) is 0 Å². The molecule has 0 amide bonds. The molecule has 0 radical (unpaired) electrons. The predicted molar refractivity (Wildman–Crippen MR) is 46.6 cm³/mol. The highest BCUT2D eigenvalue weighted by molar-refractivity contribution is 5.14. The average molecular weight is 177 g/mol. The Morgan fingerprint density at radius 1 is 1.69 bits per heavy atom. The van der Waals surface area contributed by atoms with Gasteiger partial charge in [0.15, 0.2) is 6.04 Å². The second kappa shape index (κ2) is 3.21. The molecule has 0 bridgehead atoms. The fourth-order valence-corrected chi connectivity index (χ4v) is 1.53. The van der Waals surface area contributed by atoms with E-state index in [2.05, 4.69) is 6.07 Å². The summed E-state index contributed by atoms with van der Waals surface area (Å²) < 4.78 is 5.17. The normalized spacial score (nSPS) is 20.6. The Hall–Kier alpha value is -1.31. The van der Waals surface area contributed by atoms with Crippen LogP contribution in [0.4, 0.5) is 0 Å². The first-order valence-electron chi connectivity index (χ1n) is 4.24. The van der Waals surface area contributed by atoms with Crippen LogP contribution in [0.5, 0.6) is 0 Å². The lowest BCUT2D eigenvalue weighted by molar-refractivity contribution is 0.109. The summed E-state index contributed by atoms with van der Waals surface area (Å²) in [6, 6.07) is 5.76. The summed E-state index contributed by atoms with van der Waals surface area (Å²) in [7, 11) is 0. The molecule has 2 heterocycles. The van der Waals surface area contributed by atoms with Crippen molar-refractivity contribution in [3.63, 3.8) is 0 Å². The Balaban J connectivity index is 2.08. The van der Waals surface area contributed by atoms with Crippen molar-refractivity contribution < 1.29 is 4.42 Å². The van der Waals surface area contributed by atoms with Gasteiger partial charge in [0.05, 0.1) is 12.3 Å². The lowest BCUT2D eigenvalue weighted by Gasteiger charge is -2.38. The zero-order valence-corrected chi connectivity index (χ0v) is 7.18. The van der Waals surface area contributed by atoms with Gasteiger partial charge in [-0.3, -0.25) is 4.90 Å². The van der Waals surface area contributed by atoms with Crippen LogP contribution in [0.1, 0.15) is 11.8 Å². The molecule has 0 unspecified atom stereocenters. The zero-order valence-electron chi connectivity index (χ0n) is 7.18. The smallest absolute Gasteiger partial charge is 0.156 e. The maximum absolute atomic E-state index is 8.93. The monoisotopic (exact) mass is 177 g/mol. The SMILES string of the molecule is N#C[C@H](c1ccco1)N1CC(N)C1. The first-order valence-corrected chi connectivity index (χ1v) is 4.24. The summed E-state index contributed by atoms with van der Waals surface area (Å²) in [5.74, 6) is 0.703. The van der Waals surface area contributed by atoms with Gasteiger partial charge in [0.1, 0.15) is 5.76 Å². The third kappa shape index (κ3) is 1.44. The van der Waals surface area contributed by atoms with Crippen molar-refractivity contribution in [3.05, 3.63) is 24.2 Å². The molecule has 1 aromatic rings. The first kappa shape index (κ1) is 8.30. The Labute approximate surface area is 76.5 Å². The second-order valence-electron chi connectivity index (χ2n) is 3.26. The highest BCUT2D eigenvalue weighted by atomic mass is 16.3. The maximum Gasteiger partial charge on any atom is 0.156 e. The van der Waals surface area contributed by atoms with Crippen LogP contribution in [-0.4, -0.2) is 24.0 Å². The Bertz CT molecular complexity index is 308. The largest absolute Gasteiger partial charge is 0.467 e. The quantitative estimate of drug-likeness (QED) is 0.713. The van der Waals surface area contributed by atoms with Crippen molar-refractivity contribution in [2.75, 3.05) is 13.1 Å². The molecule has 4 nitrogen and oxygen atoms in total. The van der Waals surface area contributed by atoms with Gasteiger partial charge in [0.2, 0.25) is 0 Å².